The fourth-order valence-corrected chi connectivity index (χ4v) is 2.54. The Morgan fingerprint density at radius 1 is 1.05 bits per heavy atom. The summed E-state index contributed by atoms with van der Waals surface area (Å²) in [5.74, 6) is 1.66. The highest BCUT2D eigenvalue weighted by Gasteiger charge is 2.10. The normalized spacial score (nSPS) is 11.2. The second-order valence-electron chi connectivity index (χ2n) is 5.29. The number of hydrogen-bond donors (Lipinski definition) is 1. The average Bonchev–Trinajstić information content (AvgIpc) is 2.50. The van der Waals surface area contributed by atoms with E-state index in [0.29, 0.717) is 5.92 Å². The summed E-state index contributed by atoms with van der Waals surface area (Å²) in [6.45, 7) is 6.10. The first-order valence-corrected chi connectivity index (χ1v) is 7.58. The summed E-state index contributed by atoms with van der Waals surface area (Å²) in [6, 6.07) is 12.8. The highest BCUT2D eigenvalue weighted by molar-refractivity contribution is 5.87. The van der Waals surface area contributed by atoms with E-state index < -0.39 is 0 Å². The van der Waals surface area contributed by atoms with Gasteiger partial charge in [-0.2, -0.15) is 0 Å². The van der Waals surface area contributed by atoms with Crippen LogP contribution in [-0.4, -0.2) is 13.7 Å². The van der Waals surface area contributed by atoms with Crippen molar-refractivity contribution < 1.29 is 4.74 Å². The zero-order valence-electron chi connectivity index (χ0n) is 12.8. The lowest BCUT2D eigenvalue weighted by Gasteiger charge is -2.17. The highest BCUT2D eigenvalue weighted by Crippen LogP contribution is 2.28. The Morgan fingerprint density at radius 3 is 2.50 bits per heavy atom. The summed E-state index contributed by atoms with van der Waals surface area (Å²) in [4.78, 5) is 0. The van der Waals surface area contributed by atoms with Gasteiger partial charge >= 0.3 is 0 Å². The van der Waals surface area contributed by atoms with Crippen LogP contribution in [0.4, 0.5) is 0 Å². The van der Waals surface area contributed by atoms with Crippen molar-refractivity contribution in [1.82, 2.24) is 5.32 Å². The van der Waals surface area contributed by atoms with Crippen molar-refractivity contribution in [2.45, 2.75) is 33.2 Å². The maximum Gasteiger partial charge on any atom is 0.124 e. The molecular weight excluding hydrogens is 246 g/mol. The molecule has 0 saturated carbocycles. The van der Waals surface area contributed by atoms with Gasteiger partial charge in [-0.05, 0) is 29.8 Å². The van der Waals surface area contributed by atoms with E-state index in [1.807, 2.05) is 7.05 Å². The van der Waals surface area contributed by atoms with E-state index in [1.54, 1.807) is 0 Å². The highest BCUT2D eigenvalue weighted by atomic mass is 16.5. The molecule has 2 aromatic rings. The number of ether oxygens (including phenoxy) is 1. The summed E-state index contributed by atoms with van der Waals surface area (Å²) < 4.78 is 6.10. The molecule has 0 aromatic heterocycles. The summed E-state index contributed by atoms with van der Waals surface area (Å²) in [5.41, 5.74) is 1.26. The molecule has 0 amide bonds. The topological polar surface area (TPSA) is 21.3 Å². The second kappa shape index (κ2) is 7.30. The molecule has 0 spiro atoms. The van der Waals surface area contributed by atoms with E-state index >= 15 is 0 Å². The van der Waals surface area contributed by atoms with Gasteiger partial charge in [0.2, 0.25) is 0 Å². The van der Waals surface area contributed by atoms with E-state index in [2.05, 4.69) is 55.6 Å². The number of nitrogens with one attached hydrogen (secondary N) is 1. The van der Waals surface area contributed by atoms with E-state index in [0.717, 1.165) is 18.9 Å². The van der Waals surface area contributed by atoms with Gasteiger partial charge in [0, 0.05) is 12.1 Å². The van der Waals surface area contributed by atoms with Gasteiger partial charge < -0.3 is 10.1 Å². The summed E-state index contributed by atoms with van der Waals surface area (Å²) in [6.07, 6.45) is 2.34. The Bertz CT molecular complexity index is 546. The van der Waals surface area contributed by atoms with Crippen molar-refractivity contribution in [3.05, 3.63) is 42.0 Å². The van der Waals surface area contributed by atoms with Gasteiger partial charge in [0.25, 0.3) is 0 Å². The number of fused-ring (bicyclic) bond motifs is 1. The van der Waals surface area contributed by atoms with Gasteiger partial charge in [-0.25, -0.2) is 0 Å². The molecule has 0 saturated heterocycles. The molecule has 2 nitrogen and oxygen atoms in total. The van der Waals surface area contributed by atoms with Crippen molar-refractivity contribution in [2.24, 2.45) is 5.92 Å². The number of hydrogen-bond acceptors (Lipinski definition) is 2. The van der Waals surface area contributed by atoms with Gasteiger partial charge in [-0.1, -0.05) is 57.0 Å². The number of benzene rings is 2. The molecule has 0 atom stereocenters. The van der Waals surface area contributed by atoms with Crippen LogP contribution in [0.25, 0.3) is 10.8 Å². The van der Waals surface area contributed by atoms with Crippen LogP contribution >= 0.6 is 0 Å². The van der Waals surface area contributed by atoms with Gasteiger partial charge in [0.05, 0.1) is 6.61 Å². The molecule has 0 heterocycles. The Labute approximate surface area is 122 Å². The number of rotatable bonds is 7. The quantitative estimate of drug-likeness (QED) is 0.807. The van der Waals surface area contributed by atoms with Gasteiger partial charge in [0.15, 0.2) is 0 Å². The third-order valence-electron chi connectivity index (χ3n) is 3.98. The Morgan fingerprint density at radius 2 is 1.80 bits per heavy atom. The third kappa shape index (κ3) is 3.31. The first-order chi connectivity index (χ1) is 9.80. The molecule has 0 aliphatic carbocycles. The minimum Gasteiger partial charge on any atom is -0.493 e. The van der Waals surface area contributed by atoms with Crippen LogP contribution in [0.15, 0.2) is 36.4 Å². The lowest BCUT2D eigenvalue weighted by atomic mass is 10.0. The fraction of sp³-hybridized carbons (Fsp3) is 0.444. The van der Waals surface area contributed by atoms with Crippen LogP contribution in [0, 0.1) is 5.92 Å². The first kappa shape index (κ1) is 14.9. The van der Waals surface area contributed by atoms with Crippen LogP contribution < -0.4 is 10.1 Å². The Kier molecular flexibility index (Phi) is 5.42. The van der Waals surface area contributed by atoms with Crippen LogP contribution in [-0.2, 0) is 6.54 Å². The average molecular weight is 271 g/mol. The molecule has 2 heteroatoms. The predicted octanol–water partition coefficient (Wildman–Crippen LogP) is 4.37. The van der Waals surface area contributed by atoms with Crippen molar-refractivity contribution in [3.63, 3.8) is 0 Å². The van der Waals surface area contributed by atoms with Crippen molar-refractivity contribution >= 4 is 10.8 Å². The van der Waals surface area contributed by atoms with Crippen molar-refractivity contribution in [3.8, 4) is 5.75 Å². The molecular formula is C18H25NO. The molecule has 0 fully saturated rings. The Hall–Kier alpha value is -1.54. The fourth-order valence-electron chi connectivity index (χ4n) is 2.54. The standard InChI is InChI=1S/C18H25NO/c1-4-14(5-2)13-20-18-11-10-15-8-6-7-9-16(15)17(18)12-19-3/h6-11,14,19H,4-5,12-13H2,1-3H3. The summed E-state index contributed by atoms with van der Waals surface area (Å²) in [7, 11) is 1.98. The van der Waals surface area contributed by atoms with Crippen LogP contribution in [0.5, 0.6) is 5.75 Å². The molecule has 1 N–H and O–H groups in total. The third-order valence-corrected chi connectivity index (χ3v) is 3.98. The summed E-state index contributed by atoms with van der Waals surface area (Å²) >= 11 is 0. The van der Waals surface area contributed by atoms with E-state index in [4.69, 9.17) is 4.74 Å². The Balaban J connectivity index is 2.29. The predicted molar refractivity (Wildman–Crippen MR) is 86.3 cm³/mol. The smallest absolute Gasteiger partial charge is 0.124 e. The molecule has 0 aliphatic heterocycles. The lowest BCUT2D eigenvalue weighted by Crippen LogP contribution is -2.13. The summed E-state index contributed by atoms with van der Waals surface area (Å²) in [5, 5.41) is 5.80. The monoisotopic (exact) mass is 271 g/mol. The molecule has 20 heavy (non-hydrogen) atoms. The SMILES string of the molecule is CCC(CC)COc1ccc2ccccc2c1CNC. The lowest BCUT2D eigenvalue weighted by molar-refractivity contribution is 0.239. The molecule has 108 valence electrons. The molecule has 2 aromatic carbocycles. The maximum absolute atomic E-state index is 6.10. The molecule has 0 aliphatic rings. The minimum atomic E-state index is 0.643. The molecule has 0 radical (unpaired) electrons. The molecule has 0 bridgehead atoms. The van der Waals surface area contributed by atoms with Crippen LogP contribution in [0.1, 0.15) is 32.3 Å². The van der Waals surface area contributed by atoms with Crippen LogP contribution in [0.3, 0.4) is 0 Å². The van der Waals surface area contributed by atoms with E-state index in [9.17, 15) is 0 Å². The zero-order chi connectivity index (χ0) is 14.4. The van der Waals surface area contributed by atoms with Crippen molar-refractivity contribution in [2.75, 3.05) is 13.7 Å². The van der Waals surface area contributed by atoms with Gasteiger partial charge in [-0.3, -0.25) is 0 Å². The van der Waals surface area contributed by atoms with Gasteiger partial charge in [-0.15, -0.1) is 0 Å². The van der Waals surface area contributed by atoms with Gasteiger partial charge in [0.1, 0.15) is 5.75 Å². The minimum absolute atomic E-state index is 0.643. The van der Waals surface area contributed by atoms with Crippen molar-refractivity contribution in [1.29, 1.82) is 0 Å². The molecule has 2 rings (SSSR count). The van der Waals surface area contributed by atoms with E-state index in [-0.39, 0.29) is 0 Å². The molecule has 0 unspecified atom stereocenters. The van der Waals surface area contributed by atoms with E-state index in [1.165, 1.54) is 29.2 Å². The van der Waals surface area contributed by atoms with Crippen LogP contribution in [0.2, 0.25) is 0 Å². The zero-order valence-corrected chi connectivity index (χ0v) is 12.8. The maximum atomic E-state index is 6.10. The largest absolute Gasteiger partial charge is 0.493 e. The second-order valence-corrected chi connectivity index (χ2v) is 5.29. The first-order valence-electron chi connectivity index (χ1n) is 7.58.